The van der Waals surface area contributed by atoms with Crippen molar-refractivity contribution < 1.29 is 9.50 Å². The second-order valence-corrected chi connectivity index (χ2v) is 10.5. The van der Waals surface area contributed by atoms with Crippen LogP contribution in [0.1, 0.15) is 0 Å². The van der Waals surface area contributed by atoms with E-state index >= 15 is 0 Å². The molecular weight excluding hydrogens is 305 g/mol. The topological polar surface area (TPSA) is 33.1 Å². The molecule has 0 bridgehead atoms. The third-order valence-electron chi connectivity index (χ3n) is 4.26. The van der Waals surface area contributed by atoms with Gasteiger partial charge in [0.15, 0.2) is 0 Å². The second kappa shape index (κ2) is 5.97. The molecule has 0 spiro atoms. The smallest absolute Gasteiger partial charge is 0.212 e. The summed E-state index contributed by atoms with van der Waals surface area (Å²) in [6, 6.07) is 18.9. The first kappa shape index (κ1) is 15.4. The lowest BCUT2D eigenvalue weighted by molar-refractivity contribution is 0.475. The molecule has 0 saturated heterocycles. The van der Waals surface area contributed by atoms with Gasteiger partial charge in [0.05, 0.1) is 0 Å². The molecule has 0 aliphatic rings. The van der Waals surface area contributed by atoms with E-state index in [2.05, 4.69) is 42.3 Å². The summed E-state index contributed by atoms with van der Waals surface area (Å²) in [6.07, 6.45) is 1.65. The van der Waals surface area contributed by atoms with Crippen molar-refractivity contribution in [2.45, 2.75) is 13.1 Å². The van der Waals surface area contributed by atoms with Crippen LogP contribution in [0.25, 0.3) is 11.1 Å². The molecule has 0 aliphatic carbocycles. The molecule has 23 heavy (non-hydrogen) atoms. The number of aromatic hydroxyl groups is 1. The first-order chi connectivity index (χ1) is 11.0. The Balaban J connectivity index is 1.92. The summed E-state index contributed by atoms with van der Waals surface area (Å²) in [5.41, 5.74) is 2.17. The van der Waals surface area contributed by atoms with Crippen molar-refractivity contribution in [2.75, 3.05) is 0 Å². The van der Waals surface area contributed by atoms with Crippen LogP contribution < -0.4 is 10.4 Å². The van der Waals surface area contributed by atoms with Gasteiger partial charge in [0.25, 0.3) is 0 Å². The van der Waals surface area contributed by atoms with Gasteiger partial charge in [0.2, 0.25) is 5.95 Å². The number of hydrogen-bond donors (Lipinski definition) is 1. The molecule has 3 aromatic rings. The van der Waals surface area contributed by atoms with E-state index in [1.54, 1.807) is 18.3 Å². The van der Waals surface area contributed by atoms with Gasteiger partial charge in [0, 0.05) is 6.20 Å². The fourth-order valence-corrected chi connectivity index (χ4v) is 4.87. The lowest BCUT2D eigenvalue weighted by Crippen LogP contribution is -2.52. The highest BCUT2D eigenvalue weighted by molar-refractivity contribution is 7.00. The summed E-state index contributed by atoms with van der Waals surface area (Å²) in [4.78, 5) is 3.79. The van der Waals surface area contributed by atoms with Gasteiger partial charge in [-0.15, -0.1) is 0 Å². The van der Waals surface area contributed by atoms with Crippen molar-refractivity contribution in [2.24, 2.45) is 0 Å². The number of nitrogens with zero attached hydrogens (tertiary/aromatic N) is 1. The van der Waals surface area contributed by atoms with E-state index in [1.807, 2.05) is 18.2 Å². The van der Waals surface area contributed by atoms with Crippen molar-refractivity contribution >= 4 is 18.4 Å². The molecule has 1 heterocycles. The zero-order valence-corrected chi connectivity index (χ0v) is 14.1. The quantitative estimate of drug-likeness (QED) is 0.592. The molecule has 0 unspecified atom stereocenters. The number of pyridine rings is 1. The van der Waals surface area contributed by atoms with Gasteiger partial charge >= 0.3 is 0 Å². The molecule has 3 rings (SSSR count). The molecule has 116 valence electrons. The third-order valence-corrected chi connectivity index (χ3v) is 7.77. The van der Waals surface area contributed by atoms with Gasteiger partial charge in [-0.3, -0.25) is 0 Å². The molecule has 0 fully saturated rings. The molecule has 4 heteroatoms. The summed E-state index contributed by atoms with van der Waals surface area (Å²) in [5, 5.41) is 11.8. The predicted octanol–water partition coefficient (Wildman–Crippen LogP) is 3.42. The Morgan fingerprint density at radius 1 is 0.783 bits per heavy atom. The molecule has 1 N–H and O–H groups in total. The second-order valence-electron chi connectivity index (χ2n) is 6.12. The number of phenols is 1. The minimum absolute atomic E-state index is 0.266. The molecule has 0 amide bonds. The lowest BCUT2D eigenvalue weighted by Gasteiger charge is -2.23. The van der Waals surface area contributed by atoms with Gasteiger partial charge in [-0.1, -0.05) is 60.7 Å². The maximum Gasteiger partial charge on any atom is 0.212 e. The van der Waals surface area contributed by atoms with Gasteiger partial charge in [-0.05, 0) is 34.5 Å². The summed E-state index contributed by atoms with van der Waals surface area (Å²) in [6.45, 7) is 4.47. The van der Waals surface area contributed by atoms with Crippen molar-refractivity contribution in [3.63, 3.8) is 0 Å². The van der Waals surface area contributed by atoms with Crippen LogP contribution >= 0.6 is 0 Å². The van der Waals surface area contributed by atoms with Crippen molar-refractivity contribution in [1.29, 1.82) is 0 Å². The van der Waals surface area contributed by atoms with Gasteiger partial charge in [-0.2, -0.15) is 4.39 Å². The predicted molar refractivity (Wildman–Crippen MR) is 94.5 cm³/mol. The zero-order valence-electron chi connectivity index (χ0n) is 13.1. The van der Waals surface area contributed by atoms with E-state index in [0.29, 0.717) is 0 Å². The van der Waals surface area contributed by atoms with E-state index < -0.39 is 14.0 Å². The van der Waals surface area contributed by atoms with Crippen LogP contribution in [-0.2, 0) is 0 Å². The van der Waals surface area contributed by atoms with Crippen LogP contribution in [0.3, 0.4) is 0 Å². The van der Waals surface area contributed by atoms with Crippen LogP contribution in [-0.4, -0.2) is 18.2 Å². The van der Waals surface area contributed by atoms with Gasteiger partial charge < -0.3 is 5.11 Å². The minimum atomic E-state index is -1.88. The summed E-state index contributed by atoms with van der Waals surface area (Å²) >= 11 is 0. The first-order valence-corrected chi connectivity index (χ1v) is 10.5. The normalized spacial score (nSPS) is 11.4. The Morgan fingerprint density at radius 3 is 1.83 bits per heavy atom. The maximum absolute atomic E-state index is 13.0. The number of hydrogen-bond acceptors (Lipinski definition) is 2. The standard InChI is InChI=1S/C19H18FNOSi/c1-23(2,18-11-12-19(20)21-13-18)17-9-5-15(6-10-17)14-3-7-16(22)8-4-14/h3-13,22H,1-2H3. The van der Waals surface area contributed by atoms with E-state index in [1.165, 1.54) is 11.3 Å². The molecule has 2 nitrogen and oxygen atoms in total. The van der Waals surface area contributed by atoms with Crippen LogP contribution in [0.4, 0.5) is 4.39 Å². The van der Waals surface area contributed by atoms with Crippen LogP contribution in [0, 0.1) is 5.95 Å². The number of aromatic nitrogens is 1. The highest BCUT2D eigenvalue weighted by Gasteiger charge is 2.26. The fraction of sp³-hybridized carbons (Fsp3) is 0.105. The van der Waals surface area contributed by atoms with Crippen LogP contribution in [0.15, 0.2) is 66.9 Å². The van der Waals surface area contributed by atoms with Crippen molar-refractivity contribution in [3.8, 4) is 16.9 Å². The summed E-state index contributed by atoms with van der Waals surface area (Å²) in [5.74, 6) is -0.177. The van der Waals surface area contributed by atoms with Crippen LogP contribution in [0.5, 0.6) is 5.75 Å². The Labute approximate surface area is 136 Å². The highest BCUT2D eigenvalue weighted by Crippen LogP contribution is 2.21. The average molecular weight is 323 g/mol. The van der Waals surface area contributed by atoms with E-state index in [9.17, 15) is 9.50 Å². The SMILES string of the molecule is C[Si](C)(c1ccc(-c2ccc(O)cc2)cc1)c1ccc(F)nc1. The number of rotatable bonds is 3. The Bertz CT molecular complexity index is 796. The minimum Gasteiger partial charge on any atom is -0.508 e. The van der Waals surface area contributed by atoms with Crippen LogP contribution in [0.2, 0.25) is 13.1 Å². The molecule has 1 aromatic heterocycles. The zero-order chi connectivity index (χ0) is 16.4. The molecule has 0 aliphatic heterocycles. The van der Waals surface area contributed by atoms with Crippen molar-refractivity contribution in [1.82, 2.24) is 4.98 Å². The van der Waals surface area contributed by atoms with Gasteiger partial charge in [-0.25, -0.2) is 4.98 Å². The lowest BCUT2D eigenvalue weighted by atomic mass is 10.1. The number of phenolic OH excluding ortho intramolecular Hbond substituents is 1. The molecule has 0 radical (unpaired) electrons. The number of halogens is 1. The summed E-state index contributed by atoms with van der Waals surface area (Å²) < 4.78 is 13.0. The Hall–Kier alpha value is -2.46. The fourth-order valence-electron chi connectivity index (χ4n) is 2.65. The molecule has 0 saturated carbocycles. The monoisotopic (exact) mass is 323 g/mol. The average Bonchev–Trinajstić information content (AvgIpc) is 2.56. The highest BCUT2D eigenvalue weighted by atomic mass is 28.3. The molecule has 2 aromatic carbocycles. The maximum atomic E-state index is 13.0. The third kappa shape index (κ3) is 3.17. The van der Waals surface area contributed by atoms with Gasteiger partial charge in [0.1, 0.15) is 13.8 Å². The summed E-state index contributed by atoms with van der Waals surface area (Å²) in [7, 11) is -1.88. The Kier molecular flexibility index (Phi) is 4.01. The first-order valence-electron chi connectivity index (χ1n) is 7.49. The molecular formula is C19H18FNOSi. The van der Waals surface area contributed by atoms with E-state index in [4.69, 9.17) is 0 Å². The van der Waals surface area contributed by atoms with Crippen molar-refractivity contribution in [3.05, 3.63) is 72.8 Å². The molecule has 0 atom stereocenters. The van der Waals surface area contributed by atoms with E-state index in [-0.39, 0.29) is 5.75 Å². The Morgan fingerprint density at radius 2 is 1.30 bits per heavy atom. The number of benzene rings is 2. The largest absolute Gasteiger partial charge is 0.508 e. The van der Waals surface area contributed by atoms with E-state index in [0.717, 1.165) is 16.3 Å².